The first kappa shape index (κ1) is 19.3. The van der Waals surface area contributed by atoms with Gasteiger partial charge in [0.25, 0.3) is 0 Å². The zero-order valence-electron chi connectivity index (χ0n) is 19.0. The molecule has 4 aliphatic carbocycles. The molecule has 3 saturated heterocycles. The highest BCUT2D eigenvalue weighted by molar-refractivity contribution is 5.36. The second-order valence-corrected chi connectivity index (χ2v) is 11.0. The molecular weight excluding hydrogens is 384 g/mol. The van der Waals surface area contributed by atoms with E-state index < -0.39 is 0 Å². The summed E-state index contributed by atoms with van der Waals surface area (Å²) in [5, 5.41) is 0. The van der Waals surface area contributed by atoms with Crippen molar-refractivity contribution in [2.24, 2.45) is 17.3 Å². The van der Waals surface area contributed by atoms with Crippen LogP contribution in [0.2, 0.25) is 0 Å². The highest BCUT2D eigenvalue weighted by Gasteiger charge is 2.78. The minimum Gasteiger partial charge on any atom is -0.375 e. The molecule has 7 rings (SSSR count). The van der Waals surface area contributed by atoms with E-state index in [0.717, 1.165) is 26.1 Å². The molecular formula is C27H36N2O2. The average Bonchev–Trinajstić information content (AvgIpc) is 3.16. The summed E-state index contributed by atoms with van der Waals surface area (Å²) in [5.74, 6) is 1.26. The topological polar surface area (TPSA) is 24.9 Å². The van der Waals surface area contributed by atoms with E-state index in [1.165, 1.54) is 31.3 Å². The molecule has 3 aliphatic heterocycles. The molecule has 0 aromatic carbocycles. The minimum absolute atomic E-state index is 0.159. The number of allylic oxidation sites excluding steroid dienone is 7. The number of nitrogens with zero attached hydrogens (tertiary/aromatic N) is 2. The molecule has 4 heteroatoms. The smallest absolute Gasteiger partial charge is 0.122 e. The van der Waals surface area contributed by atoms with Crippen molar-refractivity contribution in [3.8, 4) is 0 Å². The maximum Gasteiger partial charge on any atom is 0.122 e. The van der Waals surface area contributed by atoms with Gasteiger partial charge in [0, 0.05) is 12.0 Å². The van der Waals surface area contributed by atoms with Crippen molar-refractivity contribution >= 4 is 0 Å². The predicted molar refractivity (Wildman–Crippen MR) is 121 cm³/mol. The molecule has 166 valence electrons. The molecule has 0 amide bonds. The van der Waals surface area contributed by atoms with Crippen LogP contribution < -0.4 is 0 Å². The lowest BCUT2D eigenvalue weighted by molar-refractivity contribution is -0.131. The van der Waals surface area contributed by atoms with Gasteiger partial charge in [0.2, 0.25) is 0 Å². The Kier molecular flexibility index (Phi) is 4.29. The van der Waals surface area contributed by atoms with Gasteiger partial charge in [-0.2, -0.15) is 0 Å². The van der Waals surface area contributed by atoms with Gasteiger partial charge in [-0.05, 0) is 56.9 Å². The van der Waals surface area contributed by atoms with Crippen molar-refractivity contribution in [3.05, 3.63) is 47.6 Å². The lowest BCUT2D eigenvalue weighted by Crippen LogP contribution is -2.59. The Morgan fingerprint density at radius 3 is 2.97 bits per heavy atom. The summed E-state index contributed by atoms with van der Waals surface area (Å²) in [6.45, 7) is 6.77. The molecule has 9 unspecified atom stereocenters. The zero-order chi connectivity index (χ0) is 20.7. The third-order valence-corrected chi connectivity index (χ3v) is 9.77. The van der Waals surface area contributed by atoms with E-state index in [0.29, 0.717) is 42.2 Å². The number of ether oxygens (including phenoxy) is 2. The van der Waals surface area contributed by atoms with Crippen LogP contribution in [0.1, 0.15) is 52.4 Å². The second kappa shape index (κ2) is 6.90. The zero-order valence-corrected chi connectivity index (χ0v) is 19.0. The third kappa shape index (κ3) is 2.57. The summed E-state index contributed by atoms with van der Waals surface area (Å²) >= 11 is 0. The van der Waals surface area contributed by atoms with Crippen molar-refractivity contribution in [2.75, 3.05) is 13.3 Å². The van der Waals surface area contributed by atoms with Gasteiger partial charge in [0.1, 0.15) is 6.23 Å². The summed E-state index contributed by atoms with van der Waals surface area (Å²) in [6, 6.07) is 1.55. The molecule has 7 aliphatic rings. The molecule has 3 heterocycles. The van der Waals surface area contributed by atoms with Gasteiger partial charge in [0.15, 0.2) is 0 Å². The molecule has 4 nitrogen and oxygen atoms in total. The van der Waals surface area contributed by atoms with Crippen LogP contribution in [0.4, 0.5) is 0 Å². The van der Waals surface area contributed by atoms with Gasteiger partial charge in [-0.3, -0.25) is 9.80 Å². The number of rotatable bonds is 3. The molecule has 5 fully saturated rings. The molecule has 31 heavy (non-hydrogen) atoms. The maximum absolute atomic E-state index is 6.89. The summed E-state index contributed by atoms with van der Waals surface area (Å²) in [6.07, 6.45) is 22.2. The van der Waals surface area contributed by atoms with E-state index in [9.17, 15) is 0 Å². The normalized spacial score (nSPS) is 50.1. The first-order valence-corrected chi connectivity index (χ1v) is 12.7. The van der Waals surface area contributed by atoms with E-state index in [1.807, 2.05) is 0 Å². The fraction of sp³-hybridized carbons (Fsp3) is 0.704. The van der Waals surface area contributed by atoms with Crippen molar-refractivity contribution in [1.29, 1.82) is 0 Å². The highest BCUT2D eigenvalue weighted by Crippen LogP contribution is 2.66. The van der Waals surface area contributed by atoms with Crippen LogP contribution in [0.25, 0.3) is 0 Å². The highest BCUT2D eigenvalue weighted by atomic mass is 16.5. The van der Waals surface area contributed by atoms with Gasteiger partial charge in [0.05, 0.1) is 43.0 Å². The van der Waals surface area contributed by atoms with Gasteiger partial charge in [-0.25, -0.2) is 0 Å². The van der Waals surface area contributed by atoms with E-state index in [4.69, 9.17) is 9.47 Å². The van der Waals surface area contributed by atoms with Gasteiger partial charge < -0.3 is 9.47 Å². The van der Waals surface area contributed by atoms with Gasteiger partial charge in [-0.1, -0.05) is 49.0 Å². The average molecular weight is 421 g/mol. The number of hydrogen-bond donors (Lipinski definition) is 0. The Balaban J connectivity index is 1.20. The quantitative estimate of drug-likeness (QED) is 0.675. The largest absolute Gasteiger partial charge is 0.375 e. The van der Waals surface area contributed by atoms with Crippen molar-refractivity contribution < 1.29 is 9.47 Å². The van der Waals surface area contributed by atoms with Crippen LogP contribution in [0.3, 0.4) is 0 Å². The SMILES string of the molecule is CCC12C3OCC(CC4=CCCC=C4)C(C)N(CN4C5C6=CC=CCC6CC5OC41)C32. The molecule has 0 radical (unpaired) electrons. The van der Waals surface area contributed by atoms with E-state index in [2.05, 4.69) is 60.1 Å². The summed E-state index contributed by atoms with van der Waals surface area (Å²) < 4.78 is 13.6. The summed E-state index contributed by atoms with van der Waals surface area (Å²) in [5.41, 5.74) is 3.31. The summed E-state index contributed by atoms with van der Waals surface area (Å²) in [7, 11) is 0. The first-order chi connectivity index (χ1) is 15.2. The van der Waals surface area contributed by atoms with Crippen LogP contribution in [0.5, 0.6) is 0 Å². The molecule has 0 spiro atoms. The van der Waals surface area contributed by atoms with E-state index in [-0.39, 0.29) is 11.6 Å². The Hall–Kier alpha value is -1.20. The van der Waals surface area contributed by atoms with Gasteiger partial charge in [-0.15, -0.1) is 0 Å². The maximum atomic E-state index is 6.89. The molecule has 0 bridgehead atoms. The summed E-state index contributed by atoms with van der Waals surface area (Å²) in [4.78, 5) is 5.57. The standard InChI is InChI=1S/C27H36N2O2/c1-3-27-24-25(27)30-15-20(13-18-9-5-4-6-10-18)17(2)28(24)16-29-23-21-12-8-7-11-19(21)14-22(23)31-26(27)29/h5,7-10,12,17,19-20,22-26H,3-4,6,11,13-16H2,1-2H3. The van der Waals surface area contributed by atoms with Crippen LogP contribution in [0, 0.1) is 17.3 Å². The lowest BCUT2D eigenvalue weighted by Gasteiger charge is -2.47. The Bertz CT molecular complexity index is 890. The fourth-order valence-corrected chi connectivity index (χ4v) is 8.06. The van der Waals surface area contributed by atoms with Crippen LogP contribution in [0.15, 0.2) is 47.6 Å². The van der Waals surface area contributed by atoms with Crippen molar-refractivity contribution in [1.82, 2.24) is 9.80 Å². The Morgan fingerprint density at radius 1 is 1.19 bits per heavy atom. The van der Waals surface area contributed by atoms with Crippen molar-refractivity contribution in [3.63, 3.8) is 0 Å². The van der Waals surface area contributed by atoms with E-state index in [1.54, 1.807) is 5.57 Å². The molecule has 2 saturated carbocycles. The van der Waals surface area contributed by atoms with Gasteiger partial charge >= 0.3 is 0 Å². The lowest BCUT2D eigenvalue weighted by atomic mass is 9.88. The Morgan fingerprint density at radius 2 is 2.13 bits per heavy atom. The first-order valence-electron chi connectivity index (χ1n) is 12.7. The molecule has 9 atom stereocenters. The Labute approximate surface area is 186 Å². The monoisotopic (exact) mass is 420 g/mol. The molecule has 0 aromatic rings. The van der Waals surface area contributed by atoms with Crippen LogP contribution in [-0.2, 0) is 9.47 Å². The number of fused-ring (bicyclic) bond motifs is 7. The number of hydrogen-bond acceptors (Lipinski definition) is 4. The minimum atomic E-state index is 0.159. The van der Waals surface area contributed by atoms with Crippen LogP contribution >= 0.6 is 0 Å². The van der Waals surface area contributed by atoms with Crippen LogP contribution in [-0.4, -0.2) is 59.6 Å². The fourth-order valence-electron chi connectivity index (χ4n) is 8.06. The molecule has 0 aromatic heterocycles. The second-order valence-electron chi connectivity index (χ2n) is 11.0. The predicted octanol–water partition coefficient (Wildman–Crippen LogP) is 4.41. The molecule has 0 N–H and O–H groups in total. The van der Waals surface area contributed by atoms with Crippen molar-refractivity contribution in [2.45, 2.75) is 88.9 Å². The third-order valence-electron chi connectivity index (χ3n) is 9.77. The van der Waals surface area contributed by atoms with E-state index >= 15 is 0 Å².